The van der Waals surface area contributed by atoms with E-state index in [1.165, 1.54) is 0 Å². The van der Waals surface area contributed by atoms with Gasteiger partial charge in [0.15, 0.2) is 0 Å². The minimum Gasteiger partial charge on any atom is -0.361 e. The topological polar surface area (TPSA) is 57.8 Å². The second-order valence-electron chi connectivity index (χ2n) is 4.10. The Morgan fingerprint density at radius 3 is 2.89 bits per heavy atom. The molecule has 94 valence electrons. The Kier molecular flexibility index (Phi) is 3.05. The van der Waals surface area contributed by atoms with E-state index in [1.54, 1.807) is 18.3 Å². The predicted molar refractivity (Wildman–Crippen MR) is 78.2 cm³/mol. The number of rotatable bonds is 2. The van der Waals surface area contributed by atoms with Crippen molar-refractivity contribution < 1.29 is 4.79 Å². The van der Waals surface area contributed by atoms with Crippen LogP contribution in [0.15, 0.2) is 53.3 Å². The Hall–Kier alpha value is -2.14. The fourth-order valence-corrected chi connectivity index (χ4v) is 2.07. The Labute approximate surface area is 118 Å². The van der Waals surface area contributed by atoms with Crippen LogP contribution < -0.4 is 5.32 Å². The Bertz CT molecular complexity index is 734. The van der Waals surface area contributed by atoms with Crippen LogP contribution in [0.3, 0.4) is 0 Å². The van der Waals surface area contributed by atoms with Crippen molar-refractivity contribution >= 4 is 38.6 Å². The molecule has 0 radical (unpaired) electrons. The van der Waals surface area contributed by atoms with E-state index in [0.717, 1.165) is 15.4 Å². The summed E-state index contributed by atoms with van der Waals surface area (Å²) in [4.78, 5) is 19.3. The summed E-state index contributed by atoms with van der Waals surface area (Å²) in [7, 11) is 0. The molecule has 0 aliphatic carbocycles. The first-order chi connectivity index (χ1) is 9.22. The average molecular weight is 316 g/mol. The molecule has 0 saturated heterocycles. The predicted octanol–water partition coefficient (Wildman–Crippen LogP) is 3.58. The van der Waals surface area contributed by atoms with Gasteiger partial charge < -0.3 is 10.3 Å². The third kappa shape index (κ3) is 2.51. The molecular formula is C14H10BrN3O. The van der Waals surface area contributed by atoms with Crippen molar-refractivity contribution in [2.45, 2.75) is 0 Å². The molecule has 0 spiro atoms. The van der Waals surface area contributed by atoms with Crippen LogP contribution in [0.1, 0.15) is 10.4 Å². The number of aromatic amines is 1. The number of hydrogen-bond acceptors (Lipinski definition) is 2. The third-order valence-corrected chi connectivity index (χ3v) is 3.25. The van der Waals surface area contributed by atoms with Crippen molar-refractivity contribution in [3.05, 3.63) is 58.8 Å². The number of carbonyl (C=O) groups excluding carboxylic acids is 1. The maximum absolute atomic E-state index is 12.1. The number of H-pyrrole nitrogens is 1. The standard InChI is InChI=1S/C14H10BrN3O/c15-11-2-4-13(17-8-11)18-14(19)10-1-3-12-9(7-10)5-6-16-12/h1-8,16H,(H,17,18,19). The van der Waals surface area contributed by atoms with Crippen molar-refractivity contribution in [3.63, 3.8) is 0 Å². The second-order valence-corrected chi connectivity index (χ2v) is 5.01. The summed E-state index contributed by atoms with van der Waals surface area (Å²) >= 11 is 3.30. The number of nitrogens with one attached hydrogen (secondary N) is 2. The van der Waals surface area contributed by atoms with E-state index in [9.17, 15) is 4.79 Å². The number of aromatic nitrogens is 2. The maximum Gasteiger partial charge on any atom is 0.256 e. The summed E-state index contributed by atoms with van der Waals surface area (Å²) in [6.45, 7) is 0. The third-order valence-electron chi connectivity index (χ3n) is 2.78. The van der Waals surface area contributed by atoms with Gasteiger partial charge in [-0.2, -0.15) is 0 Å². The van der Waals surface area contributed by atoms with E-state index in [1.807, 2.05) is 30.5 Å². The van der Waals surface area contributed by atoms with Crippen LogP contribution >= 0.6 is 15.9 Å². The van der Waals surface area contributed by atoms with E-state index in [4.69, 9.17) is 0 Å². The number of amides is 1. The van der Waals surface area contributed by atoms with Crippen molar-refractivity contribution in [2.75, 3.05) is 5.32 Å². The van der Waals surface area contributed by atoms with E-state index < -0.39 is 0 Å². The van der Waals surface area contributed by atoms with Crippen LogP contribution in [0.25, 0.3) is 10.9 Å². The summed E-state index contributed by atoms with van der Waals surface area (Å²) in [6, 6.07) is 11.0. The number of anilines is 1. The molecular weight excluding hydrogens is 306 g/mol. The van der Waals surface area contributed by atoms with Crippen molar-refractivity contribution in [1.82, 2.24) is 9.97 Å². The first-order valence-electron chi connectivity index (χ1n) is 5.72. The molecule has 3 rings (SSSR count). The van der Waals surface area contributed by atoms with Gasteiger partial charge in [0.25, 0.3) is 5.91 Å². The van der Waals surface area contributed by atoms with Gasteiger partial charge in [0, 0.05) is 33.3 Å². The largest absolute Gasteiger partial charge is 0.361 e. The van der Waals surface area contributed by atoms with Crippen LogP contribution in [-0.2, 0) is 0 Å². The van der Waals surface area contributed by atoms with Crippen LogP contribution in [0.5, 0.6) is 0 Å². The minimum atomic E-state index is -0.169. The minimum absolute atomic E-state index is 0.169. The van der Waals surface area contributed by atoms with Crippen molar-refractivity contribution in [1.29, 1.82) is 0 Å². The van der Waals surface area contributed by atoms with Crippen LogP contribution in [0, 0.1) is 0 Å². The highest BCUT2D eigenvalue weighted by atomic mass is 79.9. The summed E-state index contributed by atoms with van der Waals surface area (Å²) < 4.78 is 0.874. The fraction of sp³-hybridized carbons (Fsp3) is 0. The fourth-order valence-electron chi connectivity index (χ4n) is 1.83. The SMILES string of the molecule is O=C(Nc1ccc(Br)cn1)c1ccc2[nH]ccc2c1. The molecule has 3 aromatic rings. The van der Waals surface area contributed by atoms with Gasteiger partial charge in [0.05, 0.1) is 0 Å². The van der Waals surface area contributed by atoms with Gasteiger partial charge in [-0.15, -0.1) is 0 Å². The zero-order chi connectivity index (χ0) is 13.2. The van der Waals surface area contributed by atoms with Gasteiger partial charge in [-0.25, -0.2) is 4.98 Å². The second kappa shape index (κ2) is 4.85. The summed E-state index contributed by atoms with van der Waals surface area (Å²) in [6.07, 6.45) is 3.49. The molecule has 19 heavy (non-hydrogen) atoms. The summed E-state index contributed by atoms with van der Waals surface area (Å²) in [5.41, 5.74) is 1.62. The van der Waals surface area contributed by atoms with Crippen LogP contribution in [0.2, 0.25) is 0 Å². The maximum atomic E-state index is 12.1. The molecule has 1 aromatic carbocycles. The highest BCUT2D eigenvalue weighted by Crippen LogP contribution is 2.16. The molecule has 0 fully saturated rings. The number of pyridine rings is 1. The number of fused-ring (bicyclic) bond motifs is 1. The summed E-state index contributed by atoms with van der Waals surface area (Å²) in [5.74, 6) is 0.361. The van der Waals surface area contributed by atoms with Gasteiger partial charge in [-0.05, 0) is 52.3 Å². The first kappa shape index (κ1) is 11.9. The summed E-state index contributed by atoms with van der Waals surface area (Å²) in [5, 5.41) is 3.77. The smallest absolute Gasteiger partial charge is 0.256 e. The zero-order valence-electron chi connectivity index (χ0n) is 9.85. The molecule has 2 N–H and O–H groups in total. The zero-order valence-corrected chi connectivity index (χ0v) is 11.4. The van der Waals surface area contributed by atoms with Gasteiger partial charge >= 0.3 is 0 Å². The van der Waals surface area contributed by atoms with Gasteiger partial charge in [-0.1, -0.05) is 0 Å². The number of carbonyl (C=O) groups is 1. The van der Waals surface area contributed by atoms with E-state index >= 15 is 0 Å². The van der Waals surface area contributed by atoms with Crippen LogP contribution in [-0.4, -0.2) is 15.9 Å². The molecule has 2 heterocycles. The Morgan fingerprint density at radius 1 is 1.21 bits per heavy atom. The lowest BCUT2D eigenvalue weighted by Gasteiger charge is -2.04. The highest BCUT2D eigenvalue weighted by molar-refractivity contribution is 9.10. The lowest BCUT2D eigenvalue weighted by atomic mass is 10.1. The lowest BCUT2D eigenvalue weighted by Crippen LogP contribution is -2.12. The number of benzene rings is 1. The molecule has 0 aliphatic heterocycles. The van der Waals surface area contributed by atoms with Crippen LogP contribution in [0.4, 0.5) is 5.82 Å². The van der Waals surface area contributed by atoms with E-state index in [0.29, 0.717) is 11.4 Å². The molecule has 0 bridgehead atoms. The monoisotopic (exact) mass is 315 g/mol. The molecule has 0 unspecified atom stereocenters. The molecule has 2 aromatic heterocycles. The van der Waals surface area contributed by atoms with Gasteiger partial charge in [-0.3, -0.25) is 4.79 Å². The molecule has 5 heteroatoms. The molecule has 1 amide bonds. The van der Waals surface area contributed by atoms with Gasteiger partial charge in [0.1, 0.15) is 5.82 Å². The molecule has 4 nitrogen and oxygen atoms in total. The number of hydrogen-bond donors (Lipinski definition) is 2. The average Bonchev–Trinajstić information content (AvgIpc) is 2.88. The number of halogens is 1. The lowest BCUT2D eigenvalue weighted by molar-refractivity contribution is 0.102. The van der Waals surface area contributed by atoms with E-state index in [-0.39, 0.29) is 5.91 Å². The van der Waals surface area contributed by atoms with Gasteiger partial charge in [0.2, 0.25) is 0 Å². The molecule has 0 saturated carbocycles. The first-order valence-corrected chi connectivity index (χ1v) is 6.52. The molecule has 0 atom stereocenters. The van der Waals surface area contributed by atoms with Crippen molar-refractivity contribution in [3.8, 4) is 0 Å². The Morgan fingerprint density at radius 2 is 2.11 bits per heavy atom. The van der Waals surface area contributed by atoms with Crippen molar-refractivity contribution in [2.24, 2.45) is 0 Å². The Balaban J connectivity index is 1.84. The quantitative estimate of drug-likeness (QED) is 0.759. The van der Waals surface area contributed by atoms with E-state index in [2.05, 4.69) is 31.2 Å². The normalized spacial score (nSPS) is 10.6. The number of nitrogens with zero attached hydrogens (tertiary/aromatic N) is 1. The molecule has 0 aliphatic rings. The highest BCUT2D eigenvalue weighted by Gasteiger charge is 2.07.